The molecule has 1 heterocycles. The summed E-state index contributed by atoms with van der Waals surface area (Å²) < 4.78 is 39.2. The van der Waals surface area contributed by atoms with Gasteiger partial charge in [0.1, 0.15) is 43.2 Å². The highest BCUT2D eigenvalue weighted by Gasteiger charge is 2.51. The van der Waals surface area contributed by atoms with Gasteiger partial charge >= 0.3 is 19.8 Å². The molecule has 2 rings (SSSR count). The maximum absolute atomic E-state index is 12.8. The standard InChI is InChI=1S/C53H83O14P/c1-3-5-7-8-9-10-11-12-13-14-15-16-17-18-23-26-29-32-36-40-47(55)65-43(42-64-68(61,62)67-53-51(59)49(57)48(56)50(58)52(53)60)41-63-46(54)39-35-31-28-25-22-20-19-21-24-27-30-34-38-45-44(66-45)37-33-6-4-2/h5-7,9-10,12-13,15-16,20-22,24,28,30-31,33-34,43-45,48-53,56-60H,3-4,8,11,14,17-19,23,25-27,29,32,35-42H2,1-2H3,(H,61,62)/b7-5-,10-9-,13-12-,16-15-,22-20-,24-21-,31-28-,33-6-,34-30-/t43-,44?,45?,48?,49-,50+,51-,52-,53?/m1/s1. The molecular weight excluding hydrogens is 892 g/mol. The maximum Gasteiger partial charge on any atom is 0.472 e. The van der Waals surface area contributed by atoms with Gasteiger partial charge in [-0.2, -0.15) is 0 Å². The van der Waals surface area contributed by atoms with Crippen molar-refractivity contribution in [3.63, 3.8) is 0 Å². The van der Waals surface area contributed by atoms with E-state index in [1.807, 2.05) is 18.2 Å². The second kappa shape index (κ2) is 38.3. The number of phosphoric acid groups is 1. The molecule has 68 heavy (non-hydrogen) atoms. The molecule has 14 nitrogen and oxygen atoms in total. The molecule has 15 heteroatoms. The number of aliphatic hydroxyl groups is 5. The Bertz CT molecular complexity index is 1670. The van der Waals surface area contributed by atoms with Crippen LogP contribution in [0.15, 0.2) is 109 Å². The first-order valence-corrected chi connectivity index (χ1v) is 26.3. The predicted octanol–water partition coefficient (Wildman–Crippen LogP) is 9.38. The molecule has 0 aromatic carbocycles. The summed E-state index contributed by atoms with van der Waals surface area (Å²) in [5.41, 5.74) is 0. The summed E-state index contributed by atoms with van der Waals surface area (Å²) in [6, 6.07) is 0. The first kappa shape index (κ1) is 60.6. The molecule has 2 aliphatic rings. The normalized spacial score (nSPS) is 24.9. The van der Waals surface area contributed by atoms with Gasteiger partial charge in [0, 0.05) is 12.8 Å². The molecule has 1 aliphatic carbocycles. The third-order valence-electron chi connectivity index (χ3n) is 11.0. The minimum atomic E-state index is -5.15. The summed E-state index contributed by atoms with van der Waals surface area (Å²) in [5, 5.41) is 50.3. The van der Waals surface area contributed by atoms with Gasteiger partial charge in [-0.3, -0.25) is 18.6 Å². The SMILES string of the molecule is CC/C=C\C/C=C\C/C=C\C/C=C\CCCCCCCCC(=O)O[C@H](COC(=O)CC/C=C\C/C=C\C/C=C\C/C=C\CC1OC1C/C=C\CC)COP(=O)(O)OC1[C@H](O)[C@H](O)C(O)[C@H](O)[C@H]1O. The van der Waals surface area contributed by atoms with Gasteiger partial charge in [0.2, 0.25) is 0 Å². The number of rotatable bonds is 38. The fraction of sp³-hybridized carbons (Fsp3) is 0.623. The zero-order chi connectivity index (χ0) is 49.7. The van der Waals surface area contributed by atoms with Gasteiger partial charge in [0.15, 0.2) is 6.10 Å². The molecule has 0 aromatic heterocycles. The van der Waals surface area contributed by atoms with E-state index in [2.05, 4.69) is 105 Å². The fourth-order valence-electron chi connectivity index (χ4n) is 6.99. The number of epoxide rings is 1. The Morgan fingerprint density at radius 2 is 0.941 bits per heavy atom. The molecule has 1 saturated carbocycles. The van der Waals surface area contributed by atoms with Gasteiger partial charge in [-0.25, -0.2) is 4.57 Å². The summed E-state index contributed by atoms with van der Waals surface area (Å²) in [6.07, 6.45) is 41.8. The van der Waals surface area contributed by atoms with E-state index in [9.17, 15) is 44.6 Å². The number of phosphoric ester groups is 1. The summed E-state index contributed by atoms with van der Waals surface area (Å²) >= 11 is 0. The van der Waals surface area contributed by atoms with Crippen LogP contribution in [0.3, 0.4) is 0 Å². The first-order valence-electron chi connectivity index (χ1n) is 24.8. The quantitative estimate of drug-likeness (QED) is 0.0112. The number of hydrogen-bond donors (Lipinski definition) is 6. The Kier molecular flexibility index (Phi) is 34.1. The van der Waals surface area contributed by atoms with Gasteiger partial charge in [-0.1, -0.05) is 149 Å². The monoisotopic (exact) mass is 975 g/mol. The molecule has 1 saturated heterocycles. The van der Waals surface area contributed by atoms with Gasteiger partial charge < -0.3 is 44.6 Å². The van der Waals surface area contributed by atoms with E-state index in [4.69, 9.17) is 23.3 Å². The van der Waals surface area contributed by atoms with Gasteiger partial charge in [0.05, 0.1) is 18.8 Å². The predicted molar refractivity (Wildman–Crippen MR) is 266 cm³/mol. The molecule has 0 aromatic rings. The van der Waals surface area contributed by atoms with Crippen molar-refractivity contribution in [1.29, 1.82) is 0 Å². The van der Waals surface area contributed by atoms with Crippen LogP contribution >= 0.6 is 7.82 Å². The number of carbonyl (C=O) groups is 2. The Hall–Kier alpha value is -3.53. The molecule has 0 amide bonds. The lowest BCUT2D eigenvalue weighted by molar-refractivity contribution is -0.220. The van der Waals surface area contributed by atoms with E-state index in [1.165, 1.54) is 0 Å². The third kappa shape index (κ3) is 29.5. The van der Waals surface area contributed by atoms with E-state index in [1.54, 1.807) is 0 Å². The van der Waals surface area contributed by atoms with Crippen LogP contribution in [0, 0.1) is 0 Å². The highest BCUT2D eigenvalue weighted by molar-refractivity contribution is 7.47. The van der Waals surface area contributed by atoms with E-state index in [-0.39, 0.29) is 12.8 Å². The Balaban J connectivity index is 1.71. The molecule has 0 radical (unpaired) electrons. The fourth-order valence-corrected chi connectivity index (χ4v) is 7.96. The number of carbonyl (C=O) groups excluding carboxylic acids is 2. The maximum atomic E-state index is 12.8. The average molecular weight is 975 g/mol. The van der Waals surface area contributed by atoms with Crippen LogP contribution in [-0.4, -0.2) is 111 Å². The van der Waals surface area contributed by atoms with Crippen LogP contribution in [0.5, 0.6) is 0 Å². The first-order chi connectivity index (χ1) is 32.9. The lowest BCUT2D eigenvalue weighted by Gasteiger charge is -2.41. The van der Waals surface area contributed by atoms with Crippen LogP contribution in [0.25, 0.3) is 0 Å². The smallest absolute Gasteiger partial charge is 0.462 e. The zero-order valence-electron chi connectivity index (χ0n) is 40.5. The number of ether oxygens (including phenoxy) is 3. The van der Waals surface area contributed by atoms with Crippen molar-refractivity contribution in [3.05, 3.63) is 109 Å². The lowest BCUT2D eigenvalue weighted by atomic mass is 9.85. The lowest BCUT2D eigenvalue weighted by Crippen LogP contribution is -2.64. The van der Waals surface area contributed by atoms with Gasteiger partial charge in [-0.05, 0) is 89.9 Å². The second-order valence-corrected chi connectivity index (χ2v) is 18.3. The summed E-state index contributed by atoms with van der Waals surface area (Å²) in [6.45, 7) is 2.98. The number of hydrogen-bond acceptors (Lipinski definition) is 13. The molecule has 5 unspecified atom stereocenters. The Morgan fingerprint density at radius 3 is 1.49 bits per heavy atom. The van der Waals surface area contributed by atoms with Crippen molar-refractivity contribution < 1.29 is 67.8 Å². The second-order valence-electron chi connectivity index (χ2n) is 16.9. The largest absolute Gasteiger partial charge is 0.472 e. The summed E-state index contributed by atoms with van der Waals surface area (Å²) in [4.78, 5) is 35.8. The van der Waals surface area contributed by atoms with Crippen molar-refractivity contribution >= 4 is 19.8 Å². The number of aliphatic hydroxyl groups excluding tert-OH is 5. The van der Waals surface area contributed by atoms with E-state index >= 15 is 0 Å². The van der Waals surface area contributed by atoms with Crippen LogP contribution in [0.4, 0.5) is 0 Å². The van der Waals surface area contributed by atoms with Gasteiger partial charge in [-0.15, -0.1) is 0 Å². The highest BCUT2D eigenvalue weighted by atomic mass is 31.2. The average Bonchev–Trinajstić information content (AvgIpc) is 4.08. The topological polar surface area (TPSA) is 222 Å². The van der Waals surface area contributed by atoms with Crippen LogP contribution in [0.2, 0.25) is 0 Å². The molecule has 2 fully saturated rings. The number of unbranched alkanes of at least 4 members (excludes halogenated alkanes) is 6. The van der Waals surface area contributed by atoms with Crippen molar-refractivity contribution in [1.82, 2.24) is 0 Å². The highest BCUT2D eigenvalue weighted by Crippen LogP contribution is 2.47. The number of esters is 2. The third-order valence-corrected chi connectivity index (χ3v) is 12.0. The number of allylic oxidation sites excluding steroid dienone is 16. The van der Waals surface area contributed by atoms with Crippen LogP contribution < -0.4 is 0 Å². The van der Waals surface area contributed by atoms with E-state index in [0.717, 1.165) is 96.3 Å². The molecule has 384 valence electrons. The van der Waals surface area contributed by atoms with Crippen molar-refractivity contribution in [2.45, 2.75) is 197 Å². The Labute approximate surface area is 406 Å². The minimum absolute atomic E-state index is 0.0282. The van der Waals surface area contributed by atoms with Crippen molar-refractivity contribution in [2.75, 3.05) is 13.2 Å². The molecule has 10 atom stereocenters. The summed E-state index contributed by atoms with van der Waals surface area (Å²) in [7, 11) is -5.15. The van der Waals surface area contributed by atoms with Crippen LogP contribution in [-0.2, 0) is 37.4 Å². The molecular formula is C53H83O14P. The minimum Gasteiger partial charge on any atom is -0.462 e. The van der Waals surface area contributed by atoms with E-state index < -0.39 is 75.7 Å². The molecule has 1 aliphatic heterocycles. The molecule has 0 bridgehead atoms. The van der Waals surface area contributed by atoms with E-state index in [0.29, 0.717) is 31.5 Å². The Morgan fingerprint density at radius 1 is 0.515 bits per heavy atom. The molecule has 0 spiro atoms. The molecule has 6 N–H and O–H groups in total. The zero-order valence-corrected chi connectivity index (χ0v) is 41.4. The summed E-state index contributed by atoms with van der Waals surface area (Å²) in [5.74, 6) is -1.23. The van der Waals surface area contributed by atoms with Crippen LogP contribution in [0.1, 0.15) is 142 Å². The van der Waals surface area contributed by atoms with Crippen molar-refractivity contribution in [3.8, 4) is 0 Å². The van der Waals surface area contributed by atoms with Gasteiger partial charge in [0.25, 0.3) is 0 Å². The van der Waals surface area contributed by atoms with Crippen molar-refractivity contribution in [2.24, 2.45) is 0 Å².